The number of benzene rings is 4. The van der Waals surface area contributed by atoms with Gasteiger partial charge in [-0.3, -0.25) is 9.59 Å². The SMILES string of the molecule is CCCN(CCC)C(=O)c1cccc(C(=O)NCC(O)CNCc2cccc(OC)c2)c1.Cc1cccc2ccccc12. The van der Waals surface area contributed by atoms with Gasteiger partial charge in [0.25, 0.3) is 11.8 Å². The Hall–Kier alpha value is -4.20. The zero-order chi connectivity index (χ0) is 31.0. The number of amides is 2. The van der Waals surface area contributed by atoms with Crippen LogP contribution in [0.2, 0.25) is 0 Å². The summed E-state index contributed by atoms with van der Waals surface area (Å²) in [5.74, 6) is 0.402. The molecule has 43 heavy (non-hydrogen) atoms. The lowest BCUT2D eigenvalue weighted by molar-refractivity contribution is 0.0755. The second-order valence-corrected chi connectivity index (χ2v) is 10.5. The fourth-order valence-electron chi connectivity index (χ4n) is 4.77. The van der Waals surface area contributed by atoms with Crippen molar-refractivity contribution in [3.8, 4) is 5.75 Å². The van der Waals surface area contributed by atoms with E-state index in [9.17, 15) is 14.7 Å². The molecule has 228 valence electrons. The molecule has 7 heteroatoms. The van der Waals surface area contributed by atoms with Crippen molar-refractivity contribution in [2.75, 3.05) is 33.3 Å². The van der Waals surface area contributed by atoms with E-state index in [1.54, 1.807) is 31.4 Å². The first-order chi connectivity index (χ1) is 20.9. The molecule has 0 saturated carbocycles. The highest BCUT2D eigenvalue weighted by molar-refractivity contribution is 5.99. The van der Waals surface area contributed by atoms with E-state index in [-0.39, 0.29) is 18.4 Å². The smallest absolute Gasteiger partial charge is 0.253 e. The molecule has 0 radical (unpaired) electrons. The van der Waals surface area contributed by atoms with Gasteiger partial charge < -0.3 is 25.4 Å². The monoisotopic (exact) mass is 583 g/mol. The van der Waals surface area contributed by atoms with Crippen molar-refractivity contribution in [1.29, 1.82) is 0 Å². The highest BCUT2D eigenvalue weighted by Gasteiger charge is 2.16. The average molecular weight is 584 g/mol. The molecule has 1 atom stereocenters. The van der Waals surface area contributed by atoms with Crippen LogP contribution >= 0.6 is 0 Å². The molecule has 0 spiro atoms. The molecule has 0 fully saturated rings. The third-order valence-electron chi connectivity index (χ3n) is 7.00. The Balaban J connectivity index is 0.000000380. The van der Waals surface area contributed by atoms with E-state index in [2.05, 4.69) is 60.0 Å². The Morgan fingerprint density at radius 1 is 0.837 bits per heavy atom. The number of nitrogens with one attached hydrogen (secondary N) is 2. The van der Waals surface area contributed by atoms with Crippen LogP contribution in [0.4, 0.5) is 0 Å². The summed E-state index contributed by atoms with van der Waals surface area (Å²) in [6.45, 7) is 8.63. The largest absolute Gasteiger partial charge is 0.497 e. The zero-order valence-corrected chi connectivity index (χ0v) is 25.8. The van der Waals surface area contributed by atoms with Crippen LogP contribution < -0.4 is 15.4 Å². The lowest BCUT2D eigenvalue weighted by atomic mass is 10.1. The summed E-state index contributed by atoms with van der Waals surface area (Å²) < 4.78 is 5.20. The summed E-state index contributed by atoms with van der Waals surface area (Å²) >= 11 is 0. The third-order valence-corrected chi connectivity index (χ3v) is 7.00. The Morgan fingerprint density at radius 2 is 1.51 bits per heavy atom. The van der Waals surface area contributed by atoms with Crippen LogP contribution in [0.25, 0.3) is 10.8 Å². The number of hydrogen-bond acceptors (Lipinski definition) is 5. The van der Waals surface area contributed by atoms with E-state index < -0.39 is 6.10 Å². The topological polar surface area (TPSA) is 90.9 Å². The number of hydrogen-bond donors (Lipinski definition) is 3. The number of carbonyl (C=O) groups excluding carboxylic acids is 2. The number of aryl methyl sites for hydroxylation is 1. The second-order valence-electron chi connectivity index (χ2n) is 10.5. The molecule has 1 unspecified atom stereocenters. The first kappa shape index (κ1) is 33.3. The number of ether oxygens (including phenoxy) is 1. The molecule has 2 amide bonds. The van der Waals surface area contributed by atoms with Crippen molar-refractivity contribution >= 4 is 22.6 Å². The quantitative estimate of drug-likeness (QED) is 0.180. The molecule has 0 saturated heterocycles. The molecule has 0 aliphatic carbocycles. The van der Waals surface area contributed by atoms with Crippen molar-refractivity contribution in [3.63, 3.8) is 0 Å². The maximum absolute atomic E-state index is 12.8. The molecule has 0 aliphatic heterocycles. The minimum absolute atomic E-state index is 0.0647. The van der Waals surface area contributed by atoms with Crippen molar-refractivity contribution in [2.45, 2.75) is 46.3 Å². The summed E-state index contributed by atoms with van der Waals surface area (Å²) in [7, 11) is 1.62. The first-order valence-corrected chi connectivity index (χ1v) is 15.0. The Kier molecular flexibility index (Phi) is 13.7. The number of fused-ring (bicyclic) bond motifs is 1. The first-order valence-electron chi connectivity index (χ1n) is 15.0. The molecule has 0 aromatic heterocycles. The fraction of sp³-hybridized carbons (Fsp3) is 0.333. The lowest BCUT2D eigenvalue weighted by Crippen LogP contribution is -2.38. The molecule has 4 aromatic carbocycles. The molecule has 7 nitrogen and oxygen atoms in total. The highest BCUT2D eigenvalue weighted by Crippen LogP contribution is 2.17. The summed E-state index contributed by atoms with van der Waals surface area (Å²) in [6.07, 6.45) is 1.03. The number of aliphatic hydroxyl groups excluding tert-OH is 1. The summed E-state index contributed by atoms with van der Waals surface area (Å²) in [4.78, 5) is 27.1. The number of nitrogens with zero attached hydrogens (tertiary/aromatic N) is 1. The van der Waals surface area contributed by atoms with Crippen molar-refractivity contribution in [3.05, 3.63) is 113 Å². The third kappa shape index (κ3) is 10.5. The van der Waals surface area contributed by atoms with Crippen LogP contribution in [-0.2, 0) is 6.54 Å². The zero-order valence-electron chi connectivity index (χ0n) is 25.8. The fourth-order valence-corrected chi connectivity index (χ4v) is 4.77. The van der Waals surface area contributed by atoms with Gasteiger partial charge in [-0.1, -0.05) is 74.5 Å². The van der Waals surface area contributed by atoms with Gasteiger partial charge in [0.15, 0.2) is 0 Å². The molecule has 4 aromatic rings. The van der Waals surface area contributed by atoms with E-state index in [0.717, 1.165) is 24.2 Å². The van der Waals surface area contributed by atoms with Gasteiger partial charge in [0, 0.05) is 43.9 Å². The molecular formula is C36H45N3O4. The van der Waals surface area contributed by atoms with Crippen molar-refractivity contribution in [2.24, 2.45) is 0 Å². The van der Waals surface area contributed by atoms with Gasteiger partial charge in [0.1, 0.15) is 5.75 Å². The predicted molar refractivity (Wildman–Crippen MR) is 175 cm³/mol. The van der Waals surface area contributed by atoms with Gasteiger partial charge >= 0.3 is 0 Å². The maximum atomic E-state index is 12.8. The van der Waals surface area contributed by atoms with Crippen LogP contribution in [0, 0.1) is 6.92 Å². The van der Waals surface area contributed by atoms with Crippen molar-refractivity contribution in [1.82, 2.24) is 15.5 Å². The van der Waals surface area contributed by atoms with Crippen LogP contribution in [0.3, 0.4) is 0 Å². The van der Waals surface area contributed by atoms with Gasteiger partial charge in [-0.05, 0) is 72.0 Å². The van der Waals surface area contributed by atoms with Crippen molar-refractivity contribution < 1.29 is 19.4 Å². The molecule has 0 heterocycles. The number of carbonyl (C=O) groups is 2. The minimum Gasteiger partial charge on any atom is -0.497 e. The van der Waals surface area contributed by atoms with Gasteiger partial charge in [-0.15, -0.1) is 0 Å². The van der Waals surface area contributed by atoms with E-state index >= 15 is 0 Å². The van der Waals surface area contributed by atoms with Crippen LogP contribution in [0.5, 0.6) is 5.75 Å². The van der Waals surface area contributed by atoms with Crippen LogP contribution in [0.1, 0.15) is 58.5 Å². The standard InChI is InChI=1S/C25H35N3O4.C11H10/c1-4-12-28(13-5-2)25(31)21-10-7-9-20(15-21)24(30)27-18-22(29)17-26-16-19-8-6-11-23(14-19)32-3;1-9-5-4-7-10-6-2-3-8-11(9)10/h6-11,14-15,22,26,29H,4-5,12-13,16-18H2,1-3H3,(H,27,30);2-8H,1H3. The van der Waals surface area contributed by atoms with Gasteiger partial charge in [-0.2, -0.15) is 0 Å². The Bertz CT molecular complexity index is 1440. The van der Waals surface area contributed by atoms with Crippen LogP contribution in [-0.4, -0.2) is 61.2 Å². The number of methoxy groups -OCH3 is 1. The maximum Gasteiger partial charge on any atom is 0.253 e. The molecular weight excluding hydrogens is 538 g/mol. The van der Waals surface area contributed by atoms with E-state index in [4.69, 9.17) is 4.74 Å². The normalized spacial score (nSPS) is 11.3. The summed E-state index contributed by atoms with van der Waals surface area (Å²) in [5.41, 5.74) is 3.30. The van der Waals surface area contributed by atoms with Gasteiger partial charge in [-0.25, -0.2) is 0 Å². The molecule has 0 aliphatic rings. The van der Waals surface area contributed by atoms with Crippen LogP contribution in [0.15, 0.2) is 91.0 Å². The molecule has 3 N–H and O–H groups in total. The minimum atomic E-state index is -0.737. The number of aliphatic hydroxyl groups is 1. The summed E-state index contributed by atoms with van der Waals surface area (Å²) in [5, 5.41) is 18.8. The second kappa shape index (κ2) is 17.7. The predicted octanol–water partition coefficient (Wildman–Crippen LogP) is 5.99. The highest BCUT2D eigenvalue weighted by atomic mass is 16.5. The lowest BCUT2D eigenvalue weighted by Gasteiger charge is -2.21. The van der Waals surface area contributed by atoms with Gasteiger partial charge in [0.2, 0.25) is 0 Å². The Labute approximate surface area is 255 Å². The molecule has 0 bridgehead atoms. The Morgan fingerprint density at radius 3 is 2.23 bits per heavy atom. The number of rotatable bonds is 13. The molecule has 4 rings (SSSR count). The van der Waals surface area contributed by atoms with Gasteiger partial charge in [0.05, 0.1) is 13.2 Å². The summed E-state index contributed by atoms with van der Waals surface area (Å²) in [6, 6.07) is 29.2. The van der Waals surface area contributed by atoms with E-state index in [1.165, 1.54) is 16.3 Å². The van der Waals surface area contributed by atoms with E-state index in [0.29, 0.717) is 37.3 Å². The average Bonchev–Trinajstić information content (AvgIpc) is 3.04. The van der Waals surface area contributed by atoms with E-state index in [1.807, 2.05) is 43.0 Å².